The zero-order chi connectivity index (χ0) is 20.8. The van der Waals surface area contributed by atoms with Crippen LogP contribution in [0.4, 0.5) is 5.69 Å². The van der Waals surface area contributed by atoms with Crippen molar-refractivity contribution < 1.29 is 4.92 Å². The van der Waals surface area contributed by atoms with E-state index in [1.807, 2.05) is 48.9 Å². The molecule has 0 bridgehead atoms. The fourth-order valence-corrected chi connectivity index (χ4v) is 3.16. The summed E-state index contributed by atoms with van der Waals surface area (Å²) in [5.41, 5.74) is 4.78. The summed E-state index contributed by atoms with van der Waals surface area (Å²) in [5.74, 6) is 0.561. The molecule has 0 spiro atoms. The van der Waals surface area contributed by atoms with Gasteiger partial charge in [0.15, 0.2) is 5.96 Å². The van der Waals surface area contributed by atoms with Crippen LogP contribution in [0.3, 0.4) is 0 Å². The van der Waals surface area contributed by atoms with Crippen molar-refractivity contribution in [1.82, 2.24) is 20.4 Å². The van der Waals surface area contributed by atoms with Gasteiger partial charge in [0.2, 0.25) is 0 Å². The second kappa shape index (κ2) is 10.7. The molecule has 1 heterocycles. The van der Waals surface area contributed by atoms with Gasteiger partial charge >= 0.3 is 0 Å². The highest BCUT2D eigenvalue weighted by molar-refractivity contribution is 14.0. The van der Waals surface area contributed by atoms with Crippen LogP contribution in [0.25, 0.3) is 5.69 Å². The molecule has 1 aromatic heterocycles. The van der Waals surface area contributed by atoms with Crippen molar-refractivity contribution in [1.29, 1.82) is 0 Å². The largest absolute Gasteiger partial charge is 0.352 e. The summed E-state index contributed by atoms with van der Waals surface area (Å²) in [6, 6.07) is 16.7. The SMILES string of the molecule is CN=C(NCc1ccccc1-n1nc(C)cc1C)NCc1ccccc1[N+](=O)[O-].I. The number of hydrogen-bond acceptors (Lipinski definition) is 4. The molecule has 2 aromatic carbocycles. The number of para-hydroxylation sites is 2. The van der Waals surface area contributed by atoms with Gasteiger partial charge in [-0.15, -0.1) is 24.0 Å². The Morgan fingerprint density at radius 3 is 2.27 bits per heavy atom. The summed E-state index contributed by atoms with van der Waals surface area (Å²) in [4.78, 5) is 15.0. The Hall–Kier alpha value is -2.95. The maximum absolute atomic E-state index is 11.2. The van der Waals surface area contributed by atoms with Crippen LogP contribution in [0.5, 0.6) is 0 Å². The van der Waals surface area contributed by atoms with Crippen LogP contribution >= 0.6 is 24.0 Å². The molecule has 3 aromatic rings. The lowest BCUT2D eigenvalue weighted by atomic mass is 10.1. The third-order valence-corrected chi connectivity index (χ3v) is 4.53. The first-order chi connectivity index (χ1) is 14.0. The molecule has 0 unspecified atom stereocenters. The summed E-state index contributed by atoms with van der Waals surface area (Å²) in [7, 11) is 1.67. The minimum atomic E-state index is -0.377. The number of halogens is 1. The van der Waals surface area contributed by atoms with Crippen molar-refractivity contribution in [2.45, 2.75) is 26.9 Å². The molecule has 0 aliphatic rings. The zero-order valence-corrected chi connectivity index (χ0v) is 19.5. The second-order valence-corrected chi connectivity index (χ2v) is 6.63. The van der Waals surface area contributed by atoms with Crippen molar-refractivity contribution in [3.05, 3.63) is 87.2 Å². The molecular formula is C21H25IN6O2. The van der Waals surface area contributed by atoms with Gasteiger partial charge < -0.3 is 10.6 Å². The van der Waals surface area contributed by atoms with Crippen molar-refractivity contribution in [3.63, 3.8) is 0 Å². The van der Waals surface area contributed by atoms with Crippen LogP contribution in [0.2, 0.25) is 0 Å². The van der Waals surface area contributed by atoms with Gasteiger partial charge in [-0.2, -0.15) is 5.10 Å². The van der Waals surface area contributed by atoms with Gasteiger partial charge in [0, 0.05) is 37.5 Å². The average molecular weight is 520 g/mol. The quantitative estimate of drug-likeness (QED) is 0.169. The highest BCUT2D eigenvalue weighted by Crippen LogP contribution is 2.18. The van der Waals surface area contributed by atoms with E-state index in [4.69, 9.17) is 0 Å². The molecule has 0 saturated heterocycles. The van der Waals surface area contributed by atoms with E-state index < -0.39 is 0 Å². The number of nitrogens with one attached hydrogen (secondary N) is 2. The normalized spacial score (nSPS) is 11.0. The van der Waals surface area contributed by atoms with Gasteiger partial charge in [0.1, 0.15) is 0 Å². The maximum atomic E-state index is 11.2. The summed E-state index contributed by atoms with van der Waals surface area (Å²) in [5, 5.41) is 22.1. The van der Waals surface area contributed by atoms with Crippen LogP contribution in [-0.4, -0.2) is 27.7 Å². The number of nitrogens with zero attached hydrogens (tertiary/aromatic N) is 4. The standard InChI is InChI=1S/C21H24N6O2.HI/c1-15-12-16(2)26(25-15)19-10-6-4-8-17(19)13-23-21(22-3)24-14-18-9-5-7-11-20(18)27(28)29;/h4-12H,13-14H2,1-3H3,(H2,22,23,24);1H. The molecule has 0 aliphatic carbocycles. The fraction of sp³-hybridized carbons (Fsp3) is 0.238. The predicted molar refractivity (Wildman–Crippen MR) is 129 cm³/mol. The second-order valence-electron chi connectivity index (χ2n) is 6.63. The highest BCUT2D eigenvalue weighted by Gasteiger charge is 2.13. The molecule has 30 heavy (non-hydrogen) atoms. The zero-order valence-electron chi connectivity index (χ0n) is 17.1. The van der Waals surface area contributed by atoms with E-state index in [1.54, 1.807) is 25.2 Å². The van der Waals surface area contributed by atoms with Gasteiger partial charge in [-0.3, -0.25) is 15.1 Å². The lowest BCUT2D eigenvalue weighted by molar-refractivity contribution is -0.385. The van der Waals surface area contributed by atoms with Crippen LogP contribution in [0.15, 0.2) is 59.6 Å². The van der Waals surface area contributed by atoms with E-state index in [0.717, 1.165) is 22.6 Å². The molecule has 9 heteroatoms. The van der Waals surface area contributed by atoms with Gasteiger partial charge in [0.25, 0.3) is 5.69 Å². The molecule has 158 valence electrons. The number of nitro benzene ring substituents is 1. The fourth-order valence-electron chi connectivity index (χ4n) is 3.16. The number of benzene rings is 2. The molecule has 0 saturated carbocycles. The summed E-state index contributed by atoms with van der Waals surface area (Å²) >= 11 is 0. The molecule has 0 amide bonds. The molecule has 0 fully saturated rings. The van der Waals surface area contributed by atoms with Crippen molar-refractivity contribution in [2.75, 3.05) is 7.05 Å². The number of aliphatic imine (C=N–C) groups is 1. The first-order valence-electron chi connectivity index (χ1n) is 9.28. The number of nitro groups is 1. The minimum absolute atomic E-state index is 0. The van der Waals surface area contributed by atoms with Crippen LogP contribution in [0.1, 0.15) is 22.5 Å². The molecule has 0 atom stereocenters. The molecule has 0 radical (unpaired) electrons. The third kappa shape index (κ3) is 5.56. The van der Waals surface area contributed by atoms with Crippen molar-refractivity contribution in [3.8, 4) is 5.69 Å². The number of guanidine groups is 1. The molecule has 0 aliphatic heterocycles. The average Bonchev–Trinajstić information content (AvgIpc) is 3.06. The Balaban J connectivity index is 0.00000320. The van der Waals surface area contributed by atoms with Gasteiger partial charge in [-0.25, -0.2) is 4.68 Å². The number of hydrogen-bond donors (Lipinski definition) is 2. The Morgan fingerprint density at radius 2 is 1.67 bits per heavy atom. The lowest BCUT2D eigenvalue weighted by Crippen LogP contribution is -2.36. The summed E-state index contributed by atoms with van der Waals surface area (Å²) < 4.78 is 1.93. The number of aryl methyl sites for hydroxylation is 2. The van der Waals surface area contributed by atoms with Gasteiger partial charge in [-0.05, 0) is 31.5 Å². The number of aromatic nitrogens is 2. The van der Waals surface area contributed by atoms with Crippen LogP contribution in [0, 0.1) is 24.0 Å². The van der Waals surface area contributed by atoms with E-state index in [0.29, 0.717) is 24.6 Å². The number of rotatable bonds is 6. The van der Waals surface area contributed by atoms with E-state index >= 15 is 0 Å². The Labute approximate surface area is 192 Å². The Kier molecular flexibility index (Phi) is 8.34. The highest BCUT2D eigenvalue weighted by atomic mass is 127. The van der Waals surface area contributed by atoms with E-state index in [-0.39, 0.29) is 34.6 Å². The minimum Gasteiger partial charge on any atom is -0.352 e. The Morgan fingerprint density at radius 1 is 1.07 bits per heavy atom. The molecule has 3 rings (SSSR count). The monoisotopic (exact) mass is 520 g/mol. The third-order valence-electron chi connectivity index (χ3n) is 4.53. The van der Waals surface area contributed by atoms with Crippen LogP contribution in [-0.2, 0) is 13.1 Å². The van der Waals surface area contributed by atoms with Crippen molar-refractivity contribution >= 4 is 35.6 Å². The predicted octanol–water partition coefficient (Wildman–Crippen LogP) is 3.88. The van der Waals surface area contributed by atoms with E-state index in [1.165, 1.54) is 6.07 Å². The van der Waals surface area contributed by atoms with Gasteiger partial charge in [-0.1, -0.05) is 36.4 Å². The molecule has 2 N–H and O–H groups in total. The summed E-state index contributed by atoms with van der Waals surface area (Å²) in [6.45, 7) is 4.83. The smallest absolute Gasteiger partial charge is 0.274 e. The van der Waals surface area contributed by atoms with Crippen LogP contribution < -0.4 is 10.6 Å². The first kappa shape index (κ1) is 23.3. The van der Waals surface area contributed by atoms with Gasteiger partial charge in [0.05, 0.1) is 16.3 Å². The first-order valence-corrected chi connectivity index (χ1v) is 9.28. The maximum Gasteiger partial charge on any atom is 0.274 e. The lowest BCUT2D eigenvalue weighted by Gasteiger charge is -2.15. The Bertz CT molecular complexity index is 1050. The van der Waals surface area contributed by atoms with Crippen molar-refractivity contribution in [2.24, 2.45) is 4.99 Å². The van der Waals surface area contributed by atoms with E-state index in [2.05, 4.69) is 20.7 Å². The molecular weight excluding hydrogens is 495 g/mol. The molecule has 8 nitrogen and oxygen atoms in total. The topological polar surface area (TPSA) is 97.4 Å². The van der Waals surface area contributed by atoms with E-state index in [9.17, 15) is 10.1 Å². The summed E-state index contributed by atoms with van der Waals surface area (Å²) in [6.07, 6.45) is 0.